The zero-order valence-electron chi connectivity index (χ0n) is 30.7. The van der Waals surface area contributed by atoms with Gasteiger partial charge >= 0.3 is 7.95 Å². The van der Waals surface area contributed by atoms with E-state index in [1.54, 1.807) is 0 Å². The molecular formula is C41H57NO3SSi. The minimum atomic E-state index is -3.85. The highest BCUT2D eigenvalue weighted by molar-refractivity contribution is 7.94. The van der Waals surface area contributed by atoms with Gasteiger partial charge in [-0.25, -0.2) is 4.98 Å². The second-order valence-electron chi connectivity index (χ2n) is 14.1. The molecule has 0 atom stereocenters. The fourth-order valence-electron chi connectivity index (χ4n) is 5.58. The first-order valence-corrected chi connectivity index (χ1v) is 20.1. The van der Waals surface area contributed by atoms with Gasteiger partial charge in [-0.3, -0.25) is 0 Å². The Bertz CT molecular complexity index is 1290. The molecule has 4 rings (SSSR count). The van der Waals surface area contributed by atoms with E-state index >= 15 is 0 Å². The van der Waals surface area contributed by atoms with Crippen LogP contribution >= 0.6 is 0 Å². The summed E-state index contributed by atoms with van der Waals surface area (Å²) in [4.78, 5) is 2.89. The SMILES string of the molecule is CC(C)c1cccc(C(C)C)c1O[Si]([S-])(Oc1c(C(C)C)cccc1C(C)C)Oc1c(C(C)C)cccc1C(C)C.c1cc[nH+]cc1. The minimum absolute atomic E-state index is 0.250. The topological polar surface area (TPSA) is 41.8 Å². The van der Waals surface area contributed by atoms with Crippen molar-refractivity contribution >= 4 is 20.0 Å². The summed E-state index contributed by atoms with van der Waals surface area (Å²) in [5, 5.41) is 0. The van der Waals surface area contributed by atoms with Crippen molar-refractivity contribution in [3.05, 3.63) is 119 Å². The first kappa shape index (κ1) is 38.2. The fourth-order valence-corrected chi connectivity index (χ4v) is 7.91. The van der Waals surface area contributed by atoms with Crippen LogP contribution in [-0.2, 0) is 12.1 Å². The van der Waals surface area contributed by atoms with E-state index in [4.69, 9.17) is 25.4 Å². The molecule has 0 saturated carbocycles. The lowest BCUT2D eigenvalue weighted by atomic mass is 9.94. The van der Waals surface area contributed by atoms with E-state index < -0.39 is 7.95 Å². The summed E-state index contributed by atoms with van der Waals surface area (Å²) in [5.41, 5.74) is 6.71. The second kappa shape index (κ2) is 17.3. The Labute approximate surface area is 291 Å². The van der Waals surface area contributed by atoms with Gasteiger partial charge in [0, 0.05) is 12.1 Å². The first-order valence-electron chi connectivity index (χ1n) is 17.2. The monoisotopic (exact) mass is 671 g/mol. The summed E-state index contributed by atoms with van der Waals surface area (Å²) < 4.78 is 21.1. The quantitative estimate of drug-likeness (QED) is 0.111. The molecule has 4 nitrogen and oxygen atoms in total. The summed E-state index contributed by atoms with van der Waals surface area (Å²) in [6, 6.07) is 25.0. The molecule has 0 spiro atoms. The van der Waals surface area contributed by atoms with Gasteiger partial charge in [0.25, 0.3) is 0 Å². The number of rotatable bonds is 12. The zero-order chi connectivity index (χ0) is 34.9. The maximum atomic E-state index is 7.04. The fraction of sp³-hybridized carbons (Fsp3) is 0.439. The molecule has 4 aromatic rings. The van der Waals surface area contributed by atoms with Gasteiger partial charge < -0.3 is 25.4 Å². The third-order valence-corrected chi connectivity index (χ3v) is 10.4. The summed E-state index contributed by atoms with van der Waals surface area (Å²) in [6.07, 6.45) is 3.75. The van der Waals surface area contributed by atoms with Crippen LogP contribution in [-0.4, -0.2) is 7.95 Å². The van der Waals surface area contributed by atoms with Crippen LogP contribution in [0.4, 0.5) is 0 Å². The number of nitrogens with one attached hydrogen (secondary N) is 1. The number of benzene rings is 3. The highest BCUT2D eigenvalue weighted by Gasteiger charge is 2.37. The molecule has 0 fully saturated rings. The van der Waals surface area contributed by atoms with Gasteiger partial charge in [0.1, 0.15) is 17.2 Å². The molecular weight excluding hydrogens is 615 g/mol. The summed E-state index contributed by atoms with van der Waals surface area (Å²) in [7, 11) is -3.85. The van der Waals surface area contributed by atoms with E-state index in [0.717, 1.165) is 50.6 Å². The molecule has 254 valence electrons. The molecule has 0 aliphatic rings. The van der Waals surface area contributed by atoms with Crippen LogP contribution in [0.15, 0.2) is 85.2 Å². The van der Waals surface area contributed by atoms with Crippen molar-refractivity contribution in [3.63, 3.8) is 0 Å². The van der Waals surface area contributed by atoms with E-state index in [2.05, 4.69) is 143 Å². The van der Waals surface area contributed by atoms with Crippen molar-refractivity contribution in [2.45, 2.75) is 119 Å². The maximum Gasteiger partial charge on any atom is 0.545 e. The smallest absolute Gasteiger partial charge is 0.545 e. The van der Waals surface area contributed by atoms with Gasteiger partial charge in [0.05, 0.1) is 0 Å². The normalized spacial score (nSPS) is 11.8. The minimum Gasteiger partial charge on any atom is -0.665 e. The number of hydrogen-bond donors (Lipinski definition) is 0. The summed E-state index contributed by atoms with van der Waals surface area (Å²) >= 11 is 6.50. The Balaban J connectivity index is 0.000000896. The predicted molar refractivity (Wildman–Crippen MR) is 202 cm³/mol. The molecule has 0 amide bonds. The van der Waals surface area contributed by atoms with Crippen LogP contribution in [0.1, 0.15) is 152 Å². The van der Waals surface area contributed by atoms with E-state index in [1.807, 2.05) is 30.6 Å². The highest BCUT2D eigenvalue weighted by Crippen LogP contribution is 2.42. The predicted octanol–water partition coefficient (Wildman–Crippen LogP) is 11.4. The third kappa shape index (κ3) is 10.1. The van der Waals surface area contributed by atoms with Crippen molar-refractivity contribution in [3.8, 4) is 17.2 Å². The molecule has 1 aromatic heterocycles. The van der Waals surface area contributed by atoms with E-state index in [-0.39, 0.29) is 35.5 Å². The molecule has 0 bridgehead atoms. The zero-order valence-corrected chi connectivity index (χ0v) is 32.5. The van der Waals surface area contributed by atoms with Crippen LogP contribution in [0.5, 0.6) is 17.2 Å². The van der Waals surface area contributed by atoms with Gasteiger partial charge in [-0.2, -0.15) is 0 Å². The number of para-hydroxylation sites is 3. The molecule has 0 aliphatic heterocycles. The molecule has 1 N–H and O–H groups in total. The van der Waals surface area contributed by atoms with Gasteiger partial charge in [0.15, 0.2) is 12.4 Å². The molecule has 0 radical (unpaired) electrons. The Kier molecular flexibility index (Phi) is 14.0. The molecule has 0 saturated heterocycles. The van der Waals surface area contributed by atoms with Gasteiger partial charge in [-0.15, -0.1) is 0 Å². The first-order chi connectivity index (χ1) is 22.2. The standard InChI is InChI=1S/C36H51O3SSi.C5H5N/c1-22(2)28-16-13-17-29(23(3)4)34(28)37-41(40,38-35-30(24(5)6)18-14-19-31(35)25(7)8)39-36-32(26(9)10)20-15-21-33(36)27(11)12;1-2-4-6-5-3-1/h13-27H,1-12H3;1-5H/q-1;/p+1. The molecule has 3 aromatic carbocycles. The van der Waals surface area contributed by atoms with E-state index in [0.29, 0.717) is 0 Å². The van der Waals surface area contributed by atoms with Crippen LogP contribution in [0, 0.1) is 0 Å². The lowest BCUT2D eigenvalue weighted by Gasteiger charge is -2.40. The molecule has 1 heterocycles. The maximum absolute atomic E-state index is 7.04. The molecule has 0 unspecified atom stereocenters. The van der Waals surface area contributed by atoms with Crippen LogP contribution < -0.4 is 18.3 Å². The summed E-state index contributed by atoms with van der Waals surface area (Å²) in [6.45, 7) is 26.3. The van der Waals surface area contributed by atoms with Crippen molar-refractivity contribution in [1.29, 1.82) is 0 Å². The van der Waals surface area contributed by atoms with E-state index in [1.165, 1.54) is 0 Å². The van der Waals surface area contributed by atoms with Gasteiger partial charge in [0.2, 0.25) is 0 Å². The Morgan fingerprint density at radius 2 is 0.638 bits per heavy atom. The van der Waals surface area contributed by atoms with Crippen molar-refractivity contribution in [2.24, 2.45) is 0 Å². The van der Waals surface area contributed by atoms with Crippen molar-refractivity contribution in [1.82, 2.24) is 0 Å². The highest BCUT2D eigenvalue weighted by atomic mass is 32.3. The van der Waals surface area contributed by atoms with Crippen LogP contribution in [0.25, 0.3) is 0 Å². The van der Waals surface area contributed by atoms with Crippen LogP contribution in [0.2, 0.25) is 0 Å². The second-order valence-corrected chi connectivity index (χ2v) is 17.2. The average molecular weight is 672 g/mol. The number of hydrogen-bond acceptors (Lipinski definition) is 4. The Hall–Kier alpha value is -3.22. The summed E-state index contributed by atoms with van der Waals surface area (Å²) in [5.74, 6) is 3.92. The molecule has 6 heteroatoms. The Morgan fingerprint density at radius 1 is 0.404 bits per heavy atom. The molecule has 0 aliphatic carbocycles. The largest absolute Gasteiger partial charge is 0.665 e. The molecule has 47 heavy (non-hydrogen) atoms. The van der Waals surface area contributed by atoms with Gasteiger partial charge in [-0.05, 0) is 68.9 Å². The average Bonchev–Trinajstić information content (AvgIpc) is 3.01. The lowest BCUT2D eigenvalue weighted by molar-refractivity contribution is -0.377. The number of H-pyrrole nitrogens is 1. The lowest BCUT2D eigenvalue weighted by Crippen LogP contribution is -2.54. The number of aromatic amines is 1. The number of pyridine rings is 1. The third-order valence-electron chi connectivity index (χ3n) is 8.25. The van der Waals surface area contributed by atoms with Crippen molar-refractivity contribution in [2.75, 3.05) is 0 Å². The number of aromatic nitrogens is 1. The Morgan fingerprint density at radius 3 is 0.787 bits per heavy atom. The van der Waals surface area contributed by atoms with Crippen molar-refractivity contribution < 1.29 is 18.3 Å². The van der Waals surface area contributed by atoms with Crippen LogP contribution in [0.3, 0.4) is 0 Å². The van der Waals surface area contributed by atoms with E-state index in [9.17, 15) is 0 Å². The van der Waals surface area contributed by atoms with Gasteiger partial charge in [-0.1, -0.05) is 144 Å².